The van der Waals surface area contributed by atoms with Crippen LogP contribution >= 0.6 is 0 Å². The number of hydrogen-bond acceptors (Lipinski definition) is 3. The Morgan fingerprint density at radius 1 is 1.35 bits per heavy atom. The molecule has 5 nitrogen and oxygen atoms in total. The van der Waals surface area contributed by atoms with Gasteiger partial charge in [0.05, 0.1) is 0 Å². The molecule has 2 rings (SSSR count). The second kappa shape index (κ2) is 8.67. The zero-order chi connectivity index (χ0) is 16.7. The standard InChI is InChI=1S/C18H27N3O2/c1-14(19)9-10-17(22)21-11-5-6-15(13-21)12-20-18(23)16-7-3-2-4-8-16/h2-4,7-8,14-15H,5-6,9-13,19H2,1H3,(H,20,23). The van der Waals surface area contributed by atoms with Gasteiger partial charge in [0.1, 0.15) is 0 Å². The maximum atomic E-state index is 12.2. The maximum Gasteiger partial charge on any atom is 0.251 e. The van der Waals surface area contributed by atoms with Crippen molar-refractivity contribution >= 4 is 11.8 Å². The van der Waals surface area contributed by atoms with Gasteiger partial charge in [-0.3, -0.25) is 9.59 Å². The van der Waals surface area contributed by atoms with Gasteiger partial charge in [0, 0.05) is 37.7 Å². The summed E-state index contributed by atoms with van der Waals surface area (Å²) in [6.07, 6.45) is 3.29. The summed E-state index contributed by atoms with van der Waals surface area (Å²) in [5, 5.41) is 2.98. The Labute approximate surface area is 138 Å². The number of likely N-dealkylation sites (tertiary alicyclic amines) is 1. The van der Waals surface area contributed by atoms with Crippen molar-refractivity contribution in [2.24, 2.45) is 11.7 Å². The van der Waals surface area contributed by atoms with E-state index in [0.29, 0.717) is 24.4 Å². The quantitative estimate of drug-likeness (QED) is 0.840. The van der Waals surface area contributed by atoms with Crippen LogP contribution in [0.15, 0.2) is 30.3 Å². The topological polar surface area (TPSA) is 75.4 Å². The van der Waals surface area contributed by atoms with Crippen molar-refractivity contribution in [3.05, 3.63) is 35.9 Å². The molecular weight excluding hydrogens is 290 g/mol. The Kier molecular flexibility index (Phi) is 6.59. The molecule has 1 aliphatic rings. The number of nitrogens with one attached hydrogen (secondary N) is 1. The molecule has 3 N–H and O–H groups in total. The molecule has 0 radical (unpaired) electrons. The molecule has 0 saturated carbocycles. The molecule has 1 heterocycles. The van der Waals surface area contributed by atoms with Gasteiger partial charge >= 0.3 is 0 Å². The highest BCUT2D eigenvalue weighted by Crippen LogP contribution is 2.17. The van der Waals surface area contributed by atoms with Gasteiger partial charge in [0.15, 0.2) is 0 Å². The fourth-order valence-corrected chi connectivity index (χ4v) is 2.90. The number of nitrogens with zero attached hydrogens (tertiary/aromatic N) is 1. The van der Waals surface area contributed by atoms with Gasteiger partial charge in [-0.05, 0) is 44.2 Å². The summed E-state index contributed by atoms with van der Waals surface area (Å²) in [5.74, 6) is 0.461. The summed E-state index contributed by atoms with van der Waals surface area (Å²) in [6.45, 7) is 4.09. The second-order valence-corrected chi connectivity index (χ2v) is 6.44. The molecule has 0 aromatic heterocycles. The predicted octanol–water partition coefficient (Wildman–Crippen LogP) is 1.78. The Bertz CT molecular complexity index is 516. The first-order valence-electron chi connectivity index (χ1n) is 8.43. The molecule has 2 amide bonds. The van der Waals surface area contributed by atoms with Gasteiger partial charge < -0.3 is 16.0 Å². The third kappa shape index (κ3) is 5.67. The molecule has 1 aromatic carbocycles. The van der Waals surface area contributed by atoms with Crippen LogP contribution in [0.25, 0.3) is 0 Å². The van der Waals surface area contributed by atoms with E-state index in [1.807, 2.05) is 30.0 Å². The van der Waals surface area contributed by atoms with E-state index < -0.39 is 0 Å². The summed E-state index contributed by atoms with van der Waals surface area (Å²) in [6, 6.07) is 9.27. The summed E-state index contributed by atoms with van der Waals surface area (Å²) >= 11 is 0. The zero-order valence-corrected chi connectivity index (χ0v) is 13.8. The Balaban J connectivity index is 1.77. The summed E-state index contributed by atoms with van der Waals surface area (Å²) < 4.78 is 0. The Hall–Kier alpha value is -1.88. The van der Waals surface area contributed by atoms with Gasteiger partial charge in [-0.2, -0.15) is 0 Å². The molecule has 2 atom stereocenters. The molecule has 126 valence electrons. The van der Waals surface area contributed by atoms with Crippen LogP contribution in [0.5, 0.6) is 0 Å². The number of rotatable bonds is 6. The van der Waals surface area contributed by atoms with E-state index in [4.69, 9.17) is 5.73 Å². The Morgan fingerprint density at radius 2 is 2.09 bits per heavy atom. The van der Waals surface area contributed by atoms with Crippen molar-refractivity contribution in [1.82, 2.24) is 10.2 Å². The molecule has 0 spiro atoms. The summed E-state index contributed by atoms with van der Waals surface area (Å²) in [4.78, 5) is 26.2. The largest absolute Gasteiger partial charge is 0.352 e. The van der Waals surface area contributed by atoms with E-state index in [1.54, 1.807) is 12.1 Å². The number of amides is 2. The molecule has 23 heavy (non-hydrogen) atoms. The van der Waals surface area contributed by atoms with Gasteiger partial charge in [-0.15, -0.1) is 0 Å². The van der Waals surface area contributed by atoms with Gasteiger partial charge in [-0.1, -0.05) is 18.2 Å². The number of nitrogens with two attached hydrogens (primary N) is 1. The minimum atomic E-state index is -0.0500. The zero-order valence-electron chi connectivity index (χ0n) is 13.8. The lowest BCUT2D eigenvalue weighted by Gasteiger charge is -2.33. The van der Waals surface area contributed by atoms with Crippen LogP contribution in [0, 0.1) is 5.92 Å². The molecule has 1 aromatic rings. The molecular formula is C18H27N3O2. The third-order valence-corrected chi connectivity index (χ3v) is 4.27. The first-order valence-corrected chi connectivity index (χ1v) is 8.43. The number of piperidine rings is 1. The lowest BCUT2D eigenvalue weighted by atomic mass is 9.97. The minimum absolute atomic E-state index is 0.0500. The molecule has 1 fully saturated rings. The smallest absolute Gasteiger partial charge is 0.251 e. The predicted molar refractivity (Wildman–Crippen MR) is 91.0 cm³/mol. The van der Waals surface area contributed by atoms with Crippen LogP contribution in [-0.4, -0.2) is 42.4 Å². The van der Waals surface area contributed by atoms with Crippen LogP contribution in [-0.2, 0) is 4.79 Å². The molecule has 1 aliphatic heterocycles. The van der Waals surface area contributed by atoms with E-state index in [1.165, 1.54) is 0 Å². The summed E-state index contributed by atoms with van der Waals surface area (Å²) in [5.41, 5.74) is 6.39. The molecule has 2 unspecified atom stereocenters. The van der Waals surface area contributed by atoms with Crippen molar-refractivity contribution in [2.75, 3.05) is 19.6 Å². The maximum absolute atomic E-state index is 12.2. The van der Waals surface area contributed by atoms with Crippen molar-refractivity contribution < 1.29 is 9.59 Å². The summed E-state index contributed by atoms with van der Waals surface area (Å²) in [7, 11) is 0. The number of benzene rings is 1. The first-order chi connectivity index (χ1) is 11.1. The van der Waals surface area contributed by atoms with E-state index >= 15 is 0 Å². The number of carbonyl (C=O) groups is 2. The third-order valence-electron chi connectivity index (χ3n) is 4.27. The van der Waals surface area contributed by atoms with Crippen molar-refractivity contribution in [2.45, 2.75) is 38.6 Å². The van der Waals surface area contributed by atoms with E-state index in [-0.39, 0.29) is 17.9 Å². The highest BCUT2D eigenvalue weighted by molar-refractivity contribution is 5.94. The molecule has 5 heteroatoms. The van der Waals surface area contributed by atoms with Crippen LogP contribution in [0.4, 0.5) is 0 Å². The Morgan fingerprint density at radius 3 is 2.78 bits per heavy atom. The highest BCUT2D eigenvalue weighted by Gasteiger charge is 2.23. The fourth-order valence-electron chi connectivity index (χ4n) is 2.90. The number of carbonyl (C=O) groups excluding carboxylic acids is 2. The van der Waals surface area contributed by atoms with E-state index in [9.17, 15) is 9.59 Å². The lowest BCUT2D eigenvalue weighted by molar-refractivity contribution is -0.133. The van der Waals surface area contributed by atoms with E-state index in [2.05, 4.69) is 5.32 Å². The van der Waals surface area contributed by atoms with Crippen LogP contribution in [0.2, 0.25) is 0 Å². The van der Waals surface area contributed by atoms with E-state index in [0.717, 1.165) is 32.4 Å². The second-order valence-electron chi connectivity index (χ2n) is 6.44. The first kappa shape index (κ1) is 17.5. The van der Waals surface area contributed by atoms with Crippen molar-refractivity contribution in [3.8, 4) is 0 Å². The monoisotopic (exact) mass is 317 g/mol. The van der Waals surface area contributed by atoms with Gasteiger partial charge in [0.25, 0.3) is 5.91 Å². The molecule has 0 aliphatic carbocycles. The van der Waals surface area contributed by atoms with Gasteiger partial charge in [-0.25, -0.2) is 0 Å². The van der Waals surface area contributed by atoms with Crippen molar-refractivity contribution in [3.63, 3.8) is 0 Å². The molecule has 0 bridgehead atoms. The average molecular weight is 317 g/mol. The molecule has 1 saturated heterocycles. The lowest BCUT2D eigenvalue weighted by Crippen LogP contribution is -2.44. The SMILES string of the molecule is CC(N)CCC(=O)N1CCCC(CNC(=O)c2ccccc2)C1. The van der Waals surface area contributed by atoms with Gasteiger partial charge in [0.2, 0.25) is 5.91 Å². The highest BCUT2D eigenvalue weighted by atomic mass is 16.2. The van der Waals surface area contributed by atoms with Crippen LogP contribution < -0.4 is 11.1 Å². The van der Waals surface area contributed by atoms with Crippen LogP contribution in [0.1, 0.15) is 43.0 Å². The minimum Gasteiger partial charge on any atom is -0.352 e. The normalized spacial score (nSPS) is 19.2. The average Bonchev–Trinajstić information content (AvgIpc) is 2.58. The fraction of sp³-hybridized carbons (Fsp3) is 0.556. The van der Waals surface area contributed by atoms with Crippen LogP contribution in [0.3, 0.4) is 0 Å². The number of hydrogen-bond donors (Lipinski definition) is 2. The van der Waals surface area contributed by atoms with Crippen molar-refractivity contribution in [1.29, 1.82) is 0 Å².